The van der Waals surface area contributed by atoms with Crippen LogP contribution < -0.4 is 0 Å². The van der Waals surface area contributed by atoms with E-state index in [1.165, 1.54) is 69.6 Å². The molecule has 7 aromatic rings. The summed E-state index contributed by atoms with van der Waals surface area (Å²) in [5.74, 6) is 0. The van der Waals surface area contributed by atoms with Crippen LogP contribution in [0.1, 0.15) is 11.1 Å². The van der Waals surface area contributed by atoms with Gasteiger partial charge in [0.2, 0.25) is 0 Å². The summed E-state index contributed by atoms with van der Waals surface area (Å²) in [6.07, 6.45) is -8.74. The van der Waals surface area contributed by atoms with Gasteiger partial charge < -0.3 is 0 Å². The zero-order valence-electron chi connectivity index (χ0n) is 20.9. The summed E-state index contributed by atoms with van der Waals surface area (Å²) in [7, 11) is 0. The quantitative estimate of drug-likeness (QED) is 0.178. The second-order valence-corrected chi connectivity index (χ2v) is 13.5. The number of nitrogens with zero attached hydrogens (tertiary/aromatic N) is 2. The van der Waals surface area contributed by atoms with Crippen LogP contribution in [0.25, 0.3) is 61.1 Å². The van der Waals surface area contributed by atoms with Gasteiger partial charge in [0.15, 0.2) is 0 Å². The molecule has 0 unspecified atom stereocenters. The Morgan fingerprint density at radius 1 is 0.429 bits per heavy atom. The summed E-state index contributed by atoms with van der Waals surface area (Å²) in [5.41, 5.74) is 1.74. The van der Waals surface area contributed by atoms with Crippen molar-refractivity contribution in [2.75, 3.05) is 0 Å². The van der Waals surface area contributed by atoms with Crippen molar-refractivity contribution in [3.63, 3.8) is 0 Å². The van der Waals surface area contributed by atoms with Crippen molar-refractivity contribution in [3.8, 4) is 40.7 Å². The Bertz CT molecular complexity index is 1860. The zero-order valence-corrected chi connectivity index (χ0v) is 24.1. The smallest absolute Gasteiger partial charge is 0.235 e. The second-order valence-electron chi connectivity index (χ2n) is 9.30. The van der Waals surface area contributed by atoms with E-state index < -0.39 is 23.5 Å². The first-order valence-corrected chi connectivity index (χ1v) is 15.5. The lowest BCUT2D eigenvalue weighted by Crippen LogP contribution is -2.03. The Hall–Kier alpha value is -3.58. The van der Waals surface area contributed by atoms with Crippen molar-refractivity contribution in [1.29, 1.82) is 0 Å². The van der Waals surface area contributed by atoms with Gasteiger partial charge in [-0.1, -0.05) is 24.3 Å². The fourth-order valence-corrected chi connectivity index (χ4v) is 8.52. The molecule has 0 aliphatic carbocycles. The van der Waals surface area contributed by atoms with Crippen molar-refractivity contribution in [2.24, 2.45) is 0 Å². The SMILES string of the molecule is FC(F)(F)c1ccc(-c2ccc(-c3nc4cc5sc(-c6ccc(-c7ccc(C(F)(F)F)cc7)s6)nc5cc4s3)s2)cc1. The molecule has 0 fully saturated rings. The Morgan fingerprint density at radius 3 is 1.14 bits per heavy atom. The molecular formula is C30H14F6N2S4. The number of rotatable bonds is 4. The van der Waals surface area contributed by atoms with E-state index in [4.69, 9.17) is 9.97 Å². The first-order chi connectivity index (χ1) is 20.0. The van der Waals surface area contributed by atoms with Crippen molar-refractivity contribution < 1.29 is 26.3 Å². The van der Waals surface area contributed by atoms with E-state index in [1.807, 2.05) is 36.4 Å². The molecule has 12 heteroatoms. The highest BCUT2D eigenvalue weighted by molar-refractivity contribution is 7.28. The van der Waals surface area contributed by atoms with Gasteiger partial charge in [0.25, 0.3) is 0 Å². The normalized spacial score (nSPS) is 12.5. The fourth-order valence-electron chi connectivity index (χ4n) is 4.42. The van der Waals surface area contributed by atoms with Crippen LogP contribution in [0.3, 0.4) is 0 Å². The minimum atomic E-state index is -4.37. The van der Waals surface area contributed by atoms with E-state index >= 15 is 0 Å². The van der Waals surface area contributed by atoms with Crippen molar-refractivity contribution in [1.82, 2.24) is 9.97 Å². The van der Waals surface area contributed by atoms with Gasteiger partial charge in [-0.25, -0.2) is 9.97 Å². The Labute approximate surface area is 250 Å². The molecule has 0 bridgehead atoms. The molecule has 3 aromatic carbocycles. The van der Waals surface area contributed by atoms with Crippen LogP contribution in [0, 0.1) is 0 Å². The van der Waals surface area contributed by atoms with Gasteiger partial charge in [-0.05, 0) is 71.8 Å². The van der Waals surface area contributed by atoms with Crippen LogP contribution >= 0.6 is 45.3 Å². The van der Waals surface area contributed by atoms with Crippen LogP contribution in [0.5, 0.6) is 0 Å². The number of thiazole rings is 2. The molecule has 0 radical (unpaired) electrons. The largest absolute Gasteiger partial charge is 0.416 e. The van der Waals surface area contributed by atoms with E-state index in [0.717, 1.165) is 74.2 Å². The van der Waals surface area contributed by atoms with Gasteiger partial charge in [0.05, 0.1) is 41.3 Å². The third-order valence-electron chi connectivity index (χ3n) is 6.52. The average Bonchev–Trinajstić information content (AvgIpc) is 3.75. The third kappa shape index (κ3) is 5.13. The number of aromatic nitrogens is 2. The van der Waals surface area contributed by atoms with Crippen LogP contribution in [-0.4, -0.2) is 9.97 Å². The number of hydrogen-bond acceptors (Lipinski definition) is 6. The monoisotopic (exact) mass is 644 g/mol. The highest BCUT2D eigenvalue weighted by atomic mass is 32.1. The molecule has 42 heavy (non-hydrogen) atoms. The molecule has 0 atom stereocenters. The van der Waals surface area contributed by atoms with Gasteiger partial charge in [-0.2, -0.15) is 26.3 Å². The maximum atomic E-state index is 12.9. The van der Waals surface area contributed by atoms with Gasteiger partial charge >= 0.3 is 12.4 Å². The topological polar surface area (TPSA) is 25.8 Å². The molecule has 210 valence electrons. The number of benzene rings is 3. The number of halogens is 6. The number of hydrogen-bond donors (Lipinski definition) is 0. The van der Waals surface area contributed by atoms with E-state index in [2.05, 4.69) is 0 Å². The molecule has 0 aliphatic heterocycles. The molecule has 2 nitrogen and oxygen atoms in total. The first kappa shape index (κ1) is 27.3. The van der Waals surface area contributed by atoms with Gasteiger partial charge in [-0.15, -0.1) is 45.3 Å². The summed E-state index contributed by atoms with van der Waals surface area (Å²) in [6, 6.07) is 21.9. The maximum Gasteiger partial charge on any atom is 0.416 e. The Morgan fingerprint density at radius 2 is 0.786 bits per heavy atom. The summed E-state index contributed by atoms with van der Waals surface area (Å²) >= 11 is 6.00. The van der Waals surface area contributed by atoms with Gasteiger partial charge in [0, 0.05) is 9.75 Å². The molecule has 0 N–H and O–H groups in total. The van der Waals surface area contributed by atoms with Crippen molar-refractivity contribution in [2.45, 2.75) is 12.4 Å². The zero-order chi connectivity index (χ0) is 29.2. The van der Waals surface area contributed by atoms with Crippen molar-refractivity contribution in [3.05, 3.63) is 96.1 Å². The van der Waals surface area contributed by atoms with E-state index in [9.17, 15) is 26.3 Å². The molecule has 4 aromatic heterocycles. The molecular weight excluding hydrogens is 631 g/mol. The minimum absolute atomic E-state index is 0.676. The lowest BCUT2D eigenvalue weighted by molar-refractivity contribution is -0.138. The Kier molecular flexibility index (Phi) is 6.50. The van der Waals surface area contributed by atoms with E-state index in [-0.39, 0.29) is 0 Å². The predicted molar refractivity (Wildman–Crippen MR) is 160 cm³/mol. The summed E-state index contributed by atoms with van der Waals surface area (Å²) < 4.78 is 79.4. The highest BCUT2D eigenvalue weighted by Crippen LogP contribution is 2.43. The Balaban J connectivity index is 1.14. The van der Waals surface area contributed by atoms with Gasteiger partial charge in [-0.3, -0.25) is 0 Å². The molecule has 0 amide bonds. The fraction of sp³-hybridized carbons (Fsp3) is 0.0667. The van der Waals surface area contributed by atoms with Gasteiger partial charge in [0.1, 0.15) is 10.0 Å². The number of fused-ring (bicyclic) bond motifs is 2. The summed E-state index contributed by atoms with van der Waals surface area (Å²) in [4.78, 5) is 13.2. The lowest BCUT2D eigenvalue weighted by Gasteiger charge is -2.06. The maximum absolute atomic E-state index is 12.9. The minimum Gasteiger partial charge on any atom is -0.235 e. The predicted octanol–water partition coefficient (Wildman–Crippen LogP) is 11.7. The molecule has 0 spiro atoms. The standard InChI is InChI=1S/C30H14F6N2S4/c31-29(32,33)17-5-1-15(2-6-17)21-9-11-23(39-21)27-37-19-13-26-20(14-25(19)41-27)38-28(42-26)24-12-10-22(40-24)16-3-7-18(8-4-16)30(34,35)36/h1-14H. The summed E-state index contributed by atoms with van der Waals surface area (Å²) in [5, 5.41) is 1.65. The second kappa shape index (κ2) is 10.0. The van der Waals surface area contributed by atoms with Crippen LogP contribution in [0.15, 0.2) is 84.9 Å². The number of alkyl halides is 6. The molecule has 0 saturated carbocycles. The number of thiophene rings is 2. The lowest BCUT2D eigenvalue weighted by atomic mass is 10.1. The first-order valence-electron chi connectivity index (χ1n) is 12.3. The van der Waals surface area contributed by atoms with E-state index in [0.29, 0.717) is 11.1 Å². The molecule has 0 aliphatic rings. The van der Waals surface area contributed by atoms with Crippen LogP contribution in [-0.2, 0) is 12.4 Å². The van der Waals surface area contributed by atoms with Crippen molar-refractivity contribution >= 4 is 65.8 Å². The van der Waals surface area contributed by atoms with E-state index in [1.54, 1.807) is 0 Å². The average molecular weight is 645 g/mol. The molecule has 4 heterocycles. The molecule has 0 saturated heterocycles. The van der Waals surface area contributed by atoms with Crippen LogP contribution in [0.2, 0.25) is 0 Å². The highest BCUT2D eigenvalue weighted by Gasteiger charge is 2.31. The summed E-state index contributed by atoms with van der Waals surface area (Å²) in [6.45, 7) is 0. The van der Waals surface area contributed by atoms with Crippen LogP contribution in [0.4, 0.5) is 26.3 Å². The molecule has 7 rings (SSSR count). The third-order valence-corrected chi connectivity index (χ3v) is 11.2.